The van der Waals surface area contributed by atoms with E-state index in [1.807, 2.05) is 13.8 Å². The third-order valence-corrected chi connectivity index (χ3v) is 3.17. The molecule has 0 saturated carbocycles. The second kappa shape index (κ2) is 7.14. The highest BCUT2D eigenvalue weighted by atomic mass is 16.5. The Morgan fingerprint density at radius 3 is 2.70 bits per heavy atom. The molecule has 0 aromatic rings. The molecule has 0 spiro atoms. The van der Waals surface area contributed by atoms with Crippen LogP contribution in [0.15, 0.2) is 11.3 Å². The summed E-state index contributed by atoms with van der Waals surface area (Å²) >= 11 is 0. The van der Waals surface area contributed by atoms with Gasteiger partial charge in [-0.2, -0.15) is 0 Å². The third kappa shape index (κ3) is 4.73. The molecule has 0 amide bonds. The van der Waals surface area contributed by atoms with Crippen molar-refractivity contribution in [2.24, 2.45) is 5.41 Å². The van der Waals surface area contributed by atoms with Crippen LogP contribution in [0.4, 0.5) is 0 Å². The van der Waals surface area contributed by atoms with Gasteiger partial charge in [0.15, 0.2) is 5.78 Å². The molecule has 0 fully saturated rings. The van der Waals surface area contributed by atoms with E-state index in [4.69, 9.17) is 15.9 Å². The zero-order chi connectivity index (χ0) is 15.2. The van der Waals surface area contributed by atoms with Gasteiger partial charge in [-0.3, -0.25) is 9.59 Å². The number of esters is 1. The van der Waals surface area contributed by atoms with E-state index in [1.54, 1.807) is 6.92 Å². The van der Waals surface area contributed by atoms with Crippen LogP contribution in [0.5, 0.6) is 0 Å². The minimum Gasteiger partial charge on any atom is -0.485 e. The Balaban J connectivity index is 2.83. The van der Waals surface area contributed by atoms with E-state index in [1.165, 1.54) is 0 Å². The summed E-state index contributed by atoms with van der Waals surface area (Å²) in [6.45, 7) is 6.28. The molecule has 0 heterocycles. The third-order valence-electron chi connectivity index (χ3n) is 3.17. The molecule has 0 saturated heterocycles. The zero-order valence-corrected chi connectivity index (χ0v) is 12.5. The van der Waals surface area contributed by atoms with Crippen LogP contribution in [-0.2, 0) is 19.1 Å². The first-order valence-electron chi connectivity index (χ1n) is 6.86. The van der Waals surface area contributed by atoms with Gasteiger partial charge in [-0.25, -0.2) is 0 Å². The maximum Gasteiger partial charge on any atom is 0.306 e. The maximum atomic E-state index is 12.2. The van der Waals surface area contributed by atoms with Crippen molar-refractivity contribution in [1.82, 2.24) is 0 Å². The van der Waals surface area contributed by atoms with E-state index in [-0.39, 0.29) is 30.2 Å². The van der Waals surface area contributed by atoms with E-state index in [9.17, 15) is 9.59 Å². The Kier molecular flexibility index (Phi) is 5.82. The standard InChI is InChI=1S/C16H22O4/c1-5-9-20-14-11-16(3,4)10-13(17)12(14)7-8-15(18)19-6-2/h1H,6-11H2,2-4H3. The largest absolute Gasteiger partial charge is 0.485 e. The smallest absolute Gasteiger partial charge is 0.306 e. The lowest BCUT2D eigenvalue weighted by atomic mass is 9.75. The number of carbonyl (C=O) groups is 2. The monoisotopic (exact) mass is 278 g/mol. The molecule has 110 valence electrons. The highest BCUT2D eigenvalue weighted by Gasteiger charge is 2.33. The summed E-state index contributed by atoms with van der Waals surface area (Å²) in [5.41, 5.74) is 0.460. The van der Waals surface area contributed by atoms with Crippen molar-refractivity contribution in [3.05, 3.63) is 11.3 Å². The Labute approximate surface area is 120 Å². The molecule has 1 aliphatic rings. The summed E-state index contributed by atoms with van der Waals surface area (Å²) in [7, 11) is 0. The van der Waals surface area contributed by atoms with Crippen molar-refractivity contribution in [2.45, 2.75) is 46.5 Å². The quantitative estimate of drug-likeness (QED) is 0.553. The molecule has 20 heavy (non-hydrogen) atoms. The topological polar surface area (TPSA) is 52.6 Å². The molecular weight excluding hydrogens is 256 g/mol. The first-order valence-corrected chi connectivity index (χ1v) is 6.86. The lowest BCUT2D eigenvalue weighted by Gasteiger charge is -2.31. The second-order valence-corrected chi connectivity index (χ2v) is 5.64. The molecule has 0 N–H and O–H groups in total. The number of hydrogen-bond acceptors (Lipinski definition) is 4. The van der Waals surface area contributed by atoms with Gasteiger partial charge in [-0.05, 0) is 18.8 Å². The summed E-state index contributed by atoms with van der Waals surface area (Å²) in [5, 5.41) is 0. The molecule has 1 aliphatic carbocycles. The Morgan fingerprint density at radius 2 is 2.10 bits per heavy atom. The van der Waals surface area contributed by atoms with Crippen LogP contribution < -0.4 is 0 Å². The van der Waals surface area contributed by atoms with Crippen LogP contribution in [0.3, 0.4) is 0 Å². The summed E-state index contributed by atoms with van der Waals surface area (Å²) in [6, 6.07) is 0. The Hall–Kier alpha value is -1.76. The lowest BCUT2D eigenvalue weighted by Crippen LogP contribution is -2.27. The van der Waals surface area contributed by atoms with Crippen LogP contribution in [0.1, 0.15) is 46.5 Å². The van der Waals surface area contributed by atoms with Crippen LogP contribution in [0, 0.1) is 17.8 Å². The second-order valence-electron chi connectivity index (χ2n) is 5.64. The number of allylic oxidation sites excluding steroid dienone is 2. The Bertz CT molecular complexity index is 452. The van der Waals surface area contributed by atoms with Gasteiger partial charge in [-0.15, -0.1) is 6.42 Å². The molecule has 0 radical (unpaired) electrons. The predicted octanol–water partition coefficient (Wildman–Crippen LogP) is 2.62. The number of Topliss-reactive ketones (excluding diaryl/α,β-unsaturated/α-hetero) is 1. The van der Waals surface area contributed by atoms with Crippen molar-refractivity contribution in [2.75, 3.05) is 13.2 Å². The van der Waals surface area contributed by atoms with Gasteiger partial charge in [0.2, 0.25) is 0 Å². The number of ketones is 1. The van der Waals surface area contributed by atoms with Gasteiger partial charge < -0.3 is 9.47 Å². The van der Waals surface area contributed by atoms with Gasteiger partial charge in [0.1, 0.15) is 12.4 Å². The summed E-state index contributed by atoms with van der Waals surface area (Å²) in [5.74, 6) is 2.78. The molecule has 0 atom stereocenters. The minimum absolute atomic E-state index is 0.0394. The highest BCUT2D eigenvalue weighted by Crippen LogP contribution is 2.38. The first-order chi connectivity index (χ1) is 9.39. The minimum atomic E-state index is -0.297. The average Bonchev–Trinajstić information content (AvgIpc) is 2.34. The first kappa shape index (κ1) is 16.3. The number of carbonyl (C=O) groups excluding carboxylic acids is 2. The SMILES string of the molecule is C#CCOC1=C(CCC(=O)OCC)C(=O)CC(C)(C)C1. The predicted molar refractivity (Wildman–Crippen MR) is 75.7 cm³/mol. The molecule has 4 nitrogen and oxygen atoms in total. The fourth-order valence-corrected chi connectivity index (χ4v) is 2.31. The van der Waals surface area contributed by atoms with Gasteiger partial charge in [-0.1, -0.05) is 19.8 Å². The normalized spacial score (nSPS) is 17.6. The number of ether oxygens (including phenoxy) is 2. The van der Waals surface area contributed by atoms with Crippen molar-refractivity contribution in [3.63, 3.8) is 0 Å². The van der Waals surface area contributed by atoms with Crippen molar-refractivity contribution >= 4 is 11.8 Å². The Morgan fingerprint density at radius 1 is 1.40 bits per heavy atom. The van der Waals surface area contributed by atoms with Crippen LogP contribution >= 0.6 is 0 Å². The van der Waals surface area contributed by atoms with E-state index < -0.39 is 0 Å². The molecule has 4 heteroatoms. The van der Waals surface area contributed by atoms with Crippen LogP contribution in [0.2, 0.25) is 0 Å². The summed E-state index contributed by atoms with van der Waals surface area (Å²) in [4.78, 5) is 23.6. The number of hydrogen-bond donors (Lipinski definition) is 0. The number of terminal acetylenes is 1. The van der Waals surface area contributed by atoms with E-state index in [2.05, 4.69) is 5.92 Å². The maximum absolute atomic E-state index is 12.2. The molecule has 0 aromatic carbocycles. The molecule has 0 aromatic heterocycles. The van der Waals surface area contributed by atoms with Gasteiger partial charge in [0, 0.05) is 24.8 Å². The fourth-order valence-electron chi connectivity index (χ4n) is 2.31. The van der Waals surface area contributed by atoms with Crippen LogP contribution in [0.25, 0.3) is 0 Å². The average molecular weight is 278 g/mol. The van der Waals surface area contributed by atoms with E-state index in [0.29, 0.717) is 37.2 Å². The molecule has 1 rings (SSSR count). The zero-order valence-electron chi connectivity index (χ0n) is 12.5. The summed E-state index contributed by atoms with van der Waals surface area (Å²) < 4.78 is 10.4. The van der Waals surface area contributed by atoms with Crippen molar-refractivity contribution in [1.29, 1.82) is 0 Å². The lowest BCUT2D eigenvalue weighted by molar-refractivity contribution is -0.143. The van der Waals surface area contributed by atoms with Crippen molar-refractivity contribution in [3.8, 4) is 12.3 Å². The number of rotatable bonds is 6. The van der Waals surface area contributed by atoms with Crippen molar-refractivity contribution < 1.29 is 19.1 Å². The van der Waals surface area contributed by atoms with E-state index >= 15 is 0 Å². The molecule has 0 bridgehead atoms. The fraction of sp³-hybridized carbons (Fsp3) is 0.625. The molecule has 0 aliphatic heterocycles. The van der Waals surface area contributed by atoms with Crippen LogP contribution in [-0.4, -0.2) is 25.0 Å². The highest BCUT2D eigenvalue weighted by molar-refractivity contribution is 5.97. The van der Waals surface area contributed by atoms with Gasteiger partial charge in [0.05, 0.1) is 6.61 Å². The van der Waals surface area contributed by atoms with Gasteiger partial charge in [0.25, 0.3) is 0 Å². The van der Waals surface area contributed by atoms with Gasteiger partial charge >= 0.3 is 5.97 Å². The molecule has 0 unspecified atom stereocenters. The molecular formula is C16H22O4. The van der Waals surface area contributed by atoms with E-state index in [0.717, 1.165) is 0 Å². The summed E-state index contributed by atoms with van der Waals surface area (Å²) in [6.07, 6.45) is 6.88.